The molecular weight excluding hydrogens is 529 g/mol. The Hall–Kier alpha value is -3.98. The Morgan fingerprint density at radius 3 is 2.58 bits per heavy atom. The number of carbonyl (C=O) groups excluding carboxylic acids is 1. The Kier molecular flexibility index (Phi) is 9.23. The minimum Gasteiger partial charge on any atom is -0.358 e. The standard InChI is InChI=1S/C30H33ClFN7O/c31-24-10-4-8-22(14-24)19-35-30-37-27(17-28(38-30)39-13-12-33-20-39)36-26(16-21-6-2-1-3-7-21)29(40)34-18-23-9-5-11-25(32)15-23/h4-5,8-15,17,20-21,26H,1-3,6-7,16,18-19H2,(H,34,40)(H2,35,36,37,38)/t26-/m1/s1. The Labute approximate surface area is 238 Å². The van der Waals surface area contributed by atoms with Crippen molar-refractivity contribution < 1.29 is 9.18 Å². The smallest absolute Gasteiger partial charge is 0.242 e. The van der Waals surface area contributed by atoms with Crippen LogP contribution in [0.2, 0.25) is 5.02 Å². The molecule has 1 aliphatic carbocycles. The maximum absolute atomic E-state index is 13.7. The van der Waals surface area contributed by atoms with Gasteiger partial charge < -0.3 is 16.0 Å². The zero-order valence-corrected chi connectivity index (χ0v) is 22.9. The Morgan fingerprint density at radius 1 is 1.02 bits per heavy atom. The first-order valence-electron chi connectivity index (χ1n) is 13.7. The van der Waals surface area contributed by atoms with Crippen molar-refractivity contribution in [1.82, 2.24) is 24.8 Å². The lowest BCUT2D eigenvalue weighted by Crippen LogP contribution is -2.41. The second-order valence-corrected chi connectivity index (χ2v) is 10.6. The topological polar surface area (TPSA) is 96.8 Å². The Balaban J connectivity index is 1.36. The highest BCUT2D eigenvalue weighted by Gasteiger charge is 2.25. The van der Waals surface area contributed by atoms with E-state index in [1.165, 1.54) is 31.4 Å². The molecule has 1 amide bonds. The lowest BCUT2D eigenvalue weighted by molar-refractivity contribution is -0.122. The van der Waals surface area contributed by atoms with Crippen molar-refractivity contribution >= 4 is 29.3 Å². The van der Waals surface area contributed by atoms with Gasteiger partial charge in [-0.1, -0.05) is 68.0 Å². The van der Waals surface area contributed by atoms with Crippen molar-refractivity contribution in [2.75, 3.05) is 10.6 Å². The maximum atomic E-state index is 13.7. The van der Waals surface area contributed by atoms with Crippen molar-refractivity contribution in [3.05, 3.63) is 95.3 Å². The van der Waals surface area contributed by atoms with E-state index < -0.39 is 6.04 Å². The molecule has 0 aliphatic heterocycles. The summed E-state index contributed by atoms with van der Waals surface area (Å²) < 4.78 is 15.5. The minimum atomic E-state index is -0.511. The van der Waals surface area contributed by atoms with E-state index in [4.69, 9.17) is 16.6 Å². The van der Waals surface area contributed by atoms with E-state index in [0.29, 0.717) is 47.1 Å². The summed E-state index contributed by atoms with van der Waals surface area (Å²) in [6, 6.07) is 15.1. The normalized spacial score (nSPS) is 14.4. The molecular formula is C30H33ClFN7O. The van der Waals surface area contributed by atoms with E-state index in [1.54, 1.807) is 41.5 Å². The van der Waals surface area contributed by atoms with Crippen LogP contribution in [-0.2, 0) is 17.9 Å². The molecule has 2 heterocycles. The van der Waals surface area contributed by atoms with E-state index >= 15 is 0 Å². The molecule has 1 aliphatic rings. The monoisotopic (exact) mass is 561 g/mol. The number of nitrogens with one attached hydrogen (secondary N) is 3. The maximum Gasteiger partial charge on any atom is 0.242 e. The van der Waals surface area contributed by atoms with Gasteiger partial charge in [0.25, 0.3) is 0 Å². The molecule has 0 unspecified atom stereocenters. The van der Waals surface area contributed by atoms with Crippen LogP contribution in [0, 0.1) is 11.7 Å². The zero-order chi connectivity index (χ0) is 27.7. The number of benzene rings is 2. The number of nitrogens with zero attached hydrogens (tertiary/aromatic N) is 4. The van der Waals surface area contributed by atoms with E-state index in [0.717, 1.165) is 18.4 Å². The molecule has 4 aromatic rings. The molecule has 1 fully saturated rings. The van der Waals surface area contributed by atoms with Crippen LogP contribution in [-0.4, -0.2) is 31.5 Å². The van der Waals surface area contributed by atoms with Crippen LogP contribution in [0.5, 0.6) is 0 Å². The van der Waals surface area contributed by atoms with Gasteiger partial charge >= 0.3 is 0 Å². The third-order valence-electron chi connectivity index (χ3n) is 7.11. The van der Waals surface area contributed by atoms with Gasteiger partial charge in [-0.05, 0) is 47.7 Å². The predicted octanol–water partition coefficient (Wildman–Crippen LogP) is 6.13. The Bertz CT molecular complexity index is 1410. The van der Waals surface area contributed by atoms with Crippen molar-refractivity contribution in [3.8, 4) is 5.82 Å². The first-order valence-corrected chi connectivity index (χ1v) is 14.0. The first-order chi connectivity index (χ1) is 19.5. The summed E-state index contributed by atoms with van der Waals surface area (Å²) in [4.78, 5) is 27.0. The molecule has 2 aromatic carbocycles. The van der Waals surface area contributed by atoms with Gasteiger partial charge in [0, 0.05) is 36.6 Å². The van der Waals surface area contributed by atoms with E-state index in [1.807, 2.05) is 24.3 Å². The number of carbonyl (C=O) groups is 1. The van der Waals surface area contributed by atoms with E-state index in [2.05, 4.69) is 25.9 Å². The number of anilines is 2. The predicted molar refractivity (Wildman–Crippen MR) is 155 cm³/mol. The van der Waals surface area contributed by atoms with E-state index in [-0.39, 0.29) is 18.3 Å². The molecule has 1 saturated carbocycles. The lowest BCUT2D eigenvalue weighted by Gasteiger charge is -2.27. The molecule has 40 heavy (non-hydrogen) atoms. The summed E-state index contributed by atoms with van der Waals surface area (Å²) in [7, 11) is 0. The fraction of sp³-hybridized carbons (Fsp3) is 0.333. The molecule has 0 bridgehead atoms. The summed E-state index contributed by atoms with van der Waals surface area (Å²) in [6.07, 6.45) is 11.6. The van der Waals surface area contributed by atoms with Crippen molar-refractivity contribution in [3.63, 3.8) is 0 Å². The molecule has 2 aromatic heterocycles. The van der Waals surface area contributed by atoms with Gasteiger partial charge in [-0.3, -0.25) is 9.36 Å². The fourth-order valence-corrected chi connectivity index (χ4v) is 5.28. The molecule has 8 nitrogen and oxygen atoms in total. The third kappa shape index (κ3) is 7.79. The average Bonchev–Trinajstić information content (AvgIpc) is 3.51. The quantitative estimate of drug-likeness (QED) is 0.204. The Morgan fingerprint density at radius 2 is 1.82 bits per heavy atom. The number of amides is 1. The highest BCUT2D eigenvalue weighted by Crippen LogP contribution is 2.28. The number of hydrogen-bond acceptors (Lipinski definition) is 6. The third-order valence-corrected chi connectivity index (χ3v) is 7.34. The molecule has 0 radical (unpaired) electrons. The van der Waals surface area contributed by atoms with Crippen LogP contribution >= 0.6 is 11.6 Å². The van der Waals surface area contributed by atoms with Gasteiger partial charge in [0.1, 0.15) is 29.8 Å². The minimum absolute atomic E-state index is 0.147. The van der Waals surface area contributed by atoms with Gasteiger partial charge in [-0.15, -0.1) is 0 Å². The van der Waals surface area contributed by atoms with Gasteiger partial charge in [0.2, 0.25) is 11.9 Å². The van der Waals surface area contributed by atoms with Gasteiger partial charge in [-0.25, -0.2) is 9.37 Å². The largest absolute Gasteiger partial charge is 0.358 e. The highest BCUT2D eigenvalue weighted by atomic mass is 35.5. The number of hydrogen-bond donors (Lipinski definition) is 3. The second-order valence-electron chi connectivity index (χ2n) is 10.2. The van der Waals surface area contributed by atoms with Crippen LogP contribution in [0.4, 0.5) is 16.2 Å². The van der Waals surface area contributed by atoms with Crippen molar-refractivity contribution in [2.45, 2.75) is 57.7 Å². The van der Waals surface area contributed by atoms with Crippen LogP contribution in [0.15, 0.2) is 73.3 Å². The summed E-state index contributed by atoms with van der Waals surface area (Å²) >= 11 is 6.15. The summed E-state index contributed by atoms with van der Waals surface area (Å²) in [5, 5.41) is 10.3. The van der Waals surface area contributed by atoms with Gasteiger partial charge in [-0.2, -0.15) is 9.97 Å². The molecule has 1 atom stereocenters. The molecule has 10 heteroatoms. The van der Waals surface area contributed by atoms with Crippen LogP contribution in [0.3, 0.4) is 0 Å². The summed E-state index contributed by atoms with van der Waals surface area (Å²) in [5.74, 6) is 1.52. The zero-order valence-electron chi connectivity index (χ0n) is 22.2. The summed E-state index contributed by atoms with van der Waals surface area (Å²) in [5.41, 5.74) is 1.70. The molecule has 0 saturated heterocycles. The summed E-state index contributed by atoms with van der Waals surface area (Å²) in [6.45, 7) is 0.725. The van der Waals surface area contributed by atoms with Crippen LogP contribution in [0.25, 0.3) is 5.82 Å². The second kappa shape index (κ2) is 13.4. The molecule has 208 valence electrons. The van der Waals surface area contributed by atoms with Crippen LogP contribution in [0.1, 0.15) is 49.7 Å². The van der Waals surface area contributed by atoms with Crippen molar-refractivity contribution in [1.29, 1.82) is 0 Å². The van der Waals surface area contributed by atoms with Gasteiger partial charge in [0.05, 0.1) is 0 Å². The SMILES string of the molecule is O=C(NCc1cccc(F)c1)[C@@H](CC1CCCCC1)Nc1cc(-n2ccnc2)nc(NCc2cccc(Cl)c2)n1. The number of halogens is 2. The van der Waals surface area contributed by atoms with Crippen molar-refractivity contribution in [2.24, 2.45) is 5.92 Å². The fourth-order valence-electron chi connectivity index (χ4n) is 5.07. The van der Waals surface area contributed by atoms with E-state index in [9.17, 15) is 9.18 Å². The van der Waals surface area contributed by atoms with Gasteiger partial charge in [0.15, 0.2) is 0 Å². The highest BCUT2D eigenvalue weighted by molar-refractivity contribution is 6.30. The average molecular weight is 562 g/mol. The molecule has 0 spiro atoms. The first kappa shape index (κ1) is 27.6. The number of aromatic nitrogens is 4. The van der Waals surface area contributed by atoms with Crippen LogP contribution < -0.4 is 16.0 Å². The molecule has 5 rings (SSSR count). The number of imidazole rings is 1. The molecule has 3 N–H and O–H groups in total. The number of rotatable bonds is 11. The lowest BCUT2D eigenvalue weighted by atomic mass is 9.84.